The molecule has 0 saturated carbocycles. The van der Waals surface area contributed by atoms with Gasteiger partial charge in [0.05, 0.1) is 0 Å². The first-order chi connectivity index (χ1) is 13.6. The van der Waals surface area contributed by atoms with Gasteiger partial charge in [0.15, 0.2) is 11.3 Å². The van der Waals surface area contributed by atoms with E-state index in [1.165, 1.54) is 0 Å². The van der Waals surface area contributed by atoms with Crippen LogP contribution < -0.4 is 16.6 Å². The number of anilines is 2. The molecule has 5 N–H and O–H groups in total. The number of halogens is 1. The largest absolute Gasteiger partial charge is 0.508 e. The molecular weight excluding hydrogens is 376 g/mol. The second-order valence-corrected chi connectivity index (χ2v) is 6.79. The summed E-state index contributed by atoms with van der Waals surface area (Å²) < 4.78 is 1.74. The molecule has 0 atom stereocenters. The molecule has 28 heavy (non-hydrogen) atoms. The average Bonchev–Trinajstić information content (AvgIpc) is 3.08. The van der Waals surface area contributed by atoms with Crippen LogP contribution in [0.3, 0.4) is 0 Å². The molecule has 2 heterocycles. The van der Waals surface area contributed by atoms with Crippen molar-refractivity contribution in [3.63, 3.8) is 0 Å². The van der Waals surface area contributed by atoms with Crippen molar-refractivity contribution in [2.24, 2.45) is 10.9 Å². The topological polar surface area (TPSA) is 104 Å². The highest BCUT2D eigenvalue weighted by molar-refractivity contribution is 6.30. The first-order valence-electron chi connectivity index (χ1n) is 8.76. The predicted molar refractivity (Wildman–Crippen MR) is 110 cm³/mol. The number of nitrogens with zero attached hydrogens (tertiary/aromatic N) is 3. The third-order valence-corrected chi connectivity index (χ3v) is 4.69. The zero-order chi connectivity index (χ0) is 19.5. The molecule has 4 aromatic rings. The number of H-pyrrole nitrogens is 1. The number of hydrogen-bond acceptors (Lipinski definition) is 5. The zero-order valence-corrected chi connectivity index (χ0v) is 15.7. The van der Waals surface area contributed by atoms with E-state index in [2.05, 4.69) is 20.5 Å². The van der Waals surface area contributed by atoms with Crippen LogP contribution in [-0.4, -0.2) is 19.9 Å². The van der Waals surface area contributed by atoms with Crippen LogP contribution >= 0.6 is 11.6 Å². The summed E-state index contributed by atoms with van der Waals surface area (Å²) in [6.45, 7) is 0.573. The number of fused-ring (bicyclic) bond motifs is 1. The van der Waals surface area contributed by atoms with Crippen LogP contribution in [0, 0.1) is 0 Å². The SMILES string of the molecule is N/N=c1/ccc(Nc2cccc(Cl)c2)nn1CCc1c[nH]c2ccc(O)cc12. The third kappa shape index (κ3) is 3.79. The summed E-state index contributed by atoms with van der Waals surface area (Å²) in [5.41, 5.74) is 3.47. The lowest BCUT2D eigenvalue weighted by Gasteiger charge is -2.10. The monoisotopic (exact) mass is 394 g/mol. The molecule has 0 spiro atoms. The number of benzene rings is 2. The average molecular weight is 395 g/mol. The highest BCUT2D eigenvalue weighted by Crippen LogP contribution is 2.23. The van der Waals surface area contributed by atoms with Crippen LogP contribution in [0.5, 0.6) is 5.75 Å². The number of aromatic hydroxyl groups is 1. The number of phenols is 1. The van der Waals surface area contributed by atoms with Crippen LogP contribution in [-0.2, 0) is 13.0 Å². The van der Waals surface area contributed by atoms with Crippen molar-refractivity contribution in [3.05, 3.63) is 76.9 Å². The summed E-state index contributed by atoms with van der Waals surface area (Å²) in [7, 11) is 0. The Morgan fingerprint density at radius 1 is 1.18 bits per heavy atom. The number of nitrogens with one attached hydrogen (secondary N) is 2. The molecule has 2 aromatic carbocycles. The molecule has 0 radical (unpaired) electrons. The molecule has 0 aliphatic carbocycles. The molecule has 0 amide bonds. The van der Waals surface area contributed by atoms with Gasteiger partial charge < -0.3 is 21.2 Å². The minimum atomic E-state index is 0.240. The molecule has 0 bridgehead atoms. The number of aromatic amines is 1. The lowest BCUT2D eigenvalue weighted by atomic mass is 10.1. The van der Waals surface area contributed by atoms with E-state index >= 15 is 0 Å². The van der Waals surface area contributed by atoms with Crippen LogP contribution in [0.25, 0.3) is 10.9 Å². The number of hydrogen-bond donors (Lipinski definition) is 4. The summed E-state index contributed by atoms with van der Waals surface area (Å²) in [6.07, 6.45) is 2.64. The molecule has 0 aliphatic rings. The van der Waals surface area contributed by atoms with Crippen molar-refractivity contribution in [2.45, 2.75) is 13.0 Å². The Bertz CT molecular complexity index is 1200. The third-order valence-electron chi connectivity index (χ3n) is 4.46. The van der Waals surface area contributed by atoms with E-state index in [9.17, 15) is 5.11 Å². The second kappa shape index (κ2) is 7.66. The Balaban J connectivity index is 1.58. The minimum absolute atomic E-state index is 0.240. The van der Waals surface area contributed by atoms with Gasteiger partial charge in [-0.05, 0) is 60.5 Å². The van der Waals surface area contributed by atoms with Gasteiger partial charge in [-0.15, -0.1) is 0 Å². The van der Waals surface area contributed by atoms with Crippen molar-refractivity contribution in [1.29, 1.82) is 0 Å². The smallest absolute Gasteiger partial charge is 0.168 e. The van der Waals surface area contributed by atoms with Gasteiger partial charge in [0.2, 0.25) is 0 Å². The fourth-order valence-electron chi connectivity index (χ4n) is 3.11. The maximum Gasteiger partial charge on any atom is 0.168 e. The van der Waals surface area contributed by atoms with Gasteiger partial charge >= 0.3 is 0 Å². The summed E-state index contributed by atoms with van der Waals surface area (Å²) in [4.78, 5) is 3.22. The zero-order valence-electron chi connectivity index (χ0n) is 14.9. The quantitative estimate of drug-likeness (QED) is 0.307. The fourth-order valence-corrected chi connectivity index (χ4v) is 3.30. The summed E-state index contributed by atoms with van der Waals surface area (Å²) in [6, 6.07) is 16.3. The van der Waals surface area contributed by atoms with E-state index in [1.54, 1.807) is 22.9 Å². The molecule has 0 fully saturated rings. The minimum Gasteiger partial charge on any atom is -0.508 e. The number of nitrogens with two attached hydrogens (primary N) is 1. The second-order valence-electron chi connectivity index (χ2n) is 6.36. The van der Waals surface area contributed by atoms with Gasteiger partial charge in [0.25, 0.3) is 0 Å². The molecular formula is C20H19ClN6O. The van der Waals surface area contributed by atoms with Gasteiger partial charge in [-0.2, -0.15) is 10.2 Å². The molecule has 8 heteroatoms. The van der Waals surface area contributed by atoms with Gasteiger partial charge in [-0.1, -0.05) is 17.7 Å². The number of phenolic OH excluding ortho intramolecular Hbond substituents is 1. The first-order valence-corrected chi connectivity index (χ1v) is 9.14. The Morgan fingerprint density at radius 2 is 2.07 bits per heavy atom. The Kier molecular flexibility index (Phi) is 4.90. The number of aryl methyl sites for hydroxylation is 2. The molecule has 0 unspecified atom stereocenters. The van der Waals surface area contributed by atoms with E-state index in [1.807, 2.05) is 42.6 Å². The van der Waals surface area contributed by atoms with Crippen molar-refractivity contribution in [2.75, 3.05) is 5.32 Å². The summed E-state index contributed by atoms with van der Waals surface area (Å²) >= 11 is 6.04. The Morgan fingerprint density at radius 3 is 2.89 bits per heavy atom. The number of rotatable bonds is 5. The Hall–Kier alpha value is -3.45. The van der Waals surface area contributed by atoms with Crippen molar-refractivity contribution < 1.29 is 5.11 Å². The highest BCUT2D eigenvalue weighted by atomic mass is 35.5. The number of aromatic nitrogens is 3. The standard InChI is InChI=1S/C20H19ClN6O/c21-14-2-1-3-15(10-14)24-19-6-7-20(25-22)27(26-19)9-8-13-12-23-18-5-4-16(28)11-17(13)18/h1-7,10-12,23,28H,8-9,22H2,(H,24,26)/b25-20-. The molecule has 0 saturated heterocycles. The summed E-state index contributed by atoms with van der Waals surface area (Å²) in [5.74, 6) is 6.42. The van der Waals surface area contributed by atoms with E-state index in [-0.39, 0.29) is 5.75 Å². The predicted octanol–water partition coefficient (Wildman–Crippen LogP) is 3.48. The lowest BCUT2D eigenvalue weighted by Crippen LogP contribution is -2.26. The first kappa shape index (κ1) is 17.9. The van der Waals surface area contributed by atoms with Crippen molar-refractivity contribution in [3.8, 4) is 5.75 Å². The van der Waals surface area contributed by atoms with Gasteiger partial charge in [0, 0.05) is 34.4 Å². The lowest BCUT2D eigenvalue weighted by molar-refractivity contribution is 0.476. The van der Waals surface area contributed by atoms with Crippen molar-refractivity contribution in [1.82, 2.24) is 14.8 Å². The van der Waals surface area contributed by atoms with Gasteiger partial charge in [0.1, 0.15) is 5.75 Å². The maximum atomic E-state index is 9.76. The van der Waals surface area contributed by atoms with E-state index in [0.717, 1.165) is 22.2 Å². The molecule has 0 aliphatic heterocycles. The fraction of sp³-hybridized carbons (Fsp3) is 0.100. The van der Waals surface area contributed by atoms with Gasteiger partial charge in [-0.25, -0.2) is 4.68 Å². The van der Waals surface area contributed by atoms with E-state index in [4.69, 9.17) is 17.4 Å². The van der Waals surface area contributed by atoms with Crippen LogP contribution in [0.4, 0.5) is 11.5 Å². The summed E-state index contributed by atoms with van der Waals surface area (Å²) in [5, 5.41) is 23.0. The van der Waals surface area contributed by atoms with Crippen LogP contribution in [0.1, 0.15) is 5.56 Å². The molecule has 4 rings (SSSR count). The Labute approximate surface area is 166 Å². The van der Waals surface area contributed by atoms with Gasteiger partial charge in [-0.3, -0.25) is 0 Å². The van der Waals surface area contributed by atoms with Crippen LogP contribution in [0.15, 0.2) is 65.9 Å². The van der Waals surface area contributed by atoms with Crippen LogP contribution in [0.2, 0.25) is 5.02 Å². The normalized spacial score (nSPS) is 11.8. The molecule has 142 valence electrons. The van der Waals surface area contributed by atoms with E-state index in [0.29, 0.717) is 29.3 Å². The van der Waals surface area contributed by atoms with E-state index < -0.39 is 0 Å². The molecule has 2 aromatic heterocycles. The van der Waals surface area contributed by atoms with Crippen molar-refractivity contribution >= 4 is 34.0 Å². The highest BCUT2D eigenvalue weighted by Gasteiger charge is 2.07. The molecule has 7 nitrogen and oxygen atoms in total. The maximum absolute atomic E-state index is 9.76.